The number of hydrogen-bond donors (Lipinski definition) is 1. The molecule has 0 aliphatic heterocycles. The van der Waals surface area contributed by atoms with Gasteiger partial charge in [0.2, 0.25) is 0 Å². The van der Waals surface area contributed by atoms with Gasteiger partial charge in [0.05, 0.1) is 6.61 Å². The highest BCUT2D eigenvalue weighted by Crippen LogP contribution is 2.28. The first-order chi connectivity index (χ1) is 8.69. The number of nitrogens with two attached hydrogens (primary N) is 1. The molecule has 4 heteroatoms. The Bertz CT molecular complexity index is 360. The Hall–Kier alpha value is -0.380. The van der Waals surface area contributed by atoms with Gasteiger partial charge in [0.25, 0.3) is 0 Å². The Kier molecular flexibility index (Phi) is 7.56. The second-order valence-electron chi connectivity index (χ2n) is 4.13. The Morgan fingerprint density at radius 3 is 2.83 bits per heavy atom. The van der Waals surface area contributed by atoms with Crippen LogP contribution in [0.3, 0.4) is 0 Å². The van der Waals surface area contributed by atoms with Crippen LogP contribution in [0.15, 0.2) is 18.2 Å². The third kappa shape index (κ3) is 5.09. The highest BCUT2D eigenvalue weighted by molar-refractivity contribution is 7.99. The van der Waals surface area contributed by atoms with E-state index < -0.39 is 0 Å². The maximum absolute atomic E-state index is 6.23. The molecule has 0 saturated carbocycles. The summed E-state index contributed by atoms with van der Waals surface area (Å²) in [7, 11) is 0. The molecule has 2 nitrogen and oxygen atoms in total. The maximum Gasteiger partial charge on any atom is 0.124 e. The Morgan fingerprint density at radius 1 is 1.39 bits per heavy atom. The topological polar surface area (TPSA) is 35.2 Å². The summed E-state index contributed by atoms with van der Waals surface area (Å²) in [5.41, 5.74) is 7.04. The molecule has 0 saturated heterocycles. The maximum atomic E-state index is 6.23. The second-order valence-corrected chi connectivity index (χ2v) is 5.94. The van der Waals surface area contributed by atoms with Gasteiger partial charge in [0.1, 0.15) is 5.75 Å². The fraction of sp³-hybridized carbons (Fsp3) is 0.571. The van der Waals surface area contributed by atoms with E-state index in [2.05, 4.69) is 13.8 Å². The summed E-state index contributed by atoms with van der Waals surface area (Å²) in [6, 6.07) is 5.93. The van der Waals surface area contributed by atoms with Crippen LogP contribution in [-0.4, -0.2) is 24.2 Å². The third-order valence-electron chi connectivity index (χ3n) is 2.76. The monoisotopic (exact) mass is 287 g/mol. The van der Waals surface area contributed by atoms with Crippen LogP contribution in [0.5, 0.6) is 5.75 Å². The Morgan fingerprint density at radius 2 is 2.17 bits per heavy atom. The minimum Gasteiger partial charge on any atom is -0.492 e. The fourth-order valence-corrected chi connectivity index (χ4v) is 2.37. The standard InChI is InChI=1S/C14H22ClNOS/c1-3-11(16)10-12-13(15)6-5-7-14(12)17-8-9-18-4-2/h5-7,11H,3-4,8-10,16H2,1-2H3. The molecule has 2 N–H and O–H groups in total. The van der Waals surface area contributed by atoms with Crippen molar-refractivity contribution in [1.29, 1.82) is 0 Å². The van der Waals surface area contributed by atoms with Crippen molar-refractivity contribution in [2.24, 2.45) is 5.73 Å². The average Bonchev–Trinajstić information content (AvgIpc) is 2.38. The highest BCUT2D eigenvalue weighted by Gasteiger charge is 2.11. The van der Waals surface area contributed by atoms with Gasteiger partial charge in [-0.15, -0.1) is 0 Å². The summed E-state index contributed by atoms with van der Waals surface area (Å²) in [5.74, 6) is 3.00. The van der Waals surface area contributed by atoms with Crippen molar-refractivity contribution in [3.8, 4) is 5.75 Å². The van der Waals surface area contributed by atoms with Gasteiger partial charge in [-0.2, -0.15) is 11.8 Å². The molecule has 0 aliphatic carbocycles. The van der Waals surface area contributed by atoms with Crippen LogP contribution in [0.1, 0.15) is 25.8 Å². The number of halogens is 1. The summed E-state index contributed by atoms with van der Waals surface area (Å²) in [5, 5.41) is 0.750. The Balaban J connectivity index is 2.67. The number of ether oxygens (including phenoxy) is 1. The van der Waals surface area contributed by atoms with Crippen LogP contribution in [0.25, 0.3) is 0 Å². The molecule has 18 heavy (non-hydrogen) atoms. The van der Waals surface area contributed by atoms with Gasteiger partial charge >= 0.3 is 0 Å². The van der Waals surface area contributed by atoms with Crippen molar-refractivity contribution in [3.05, 3.63) is 28.8 Å². The molecule has 0 amide bonds. The Labute approximate surface area is 119 Å². The second kappa shape index (κ2) is 8.68. The van der Waals surface area contributed by atoms with E-state index in [1.807, 2.05) is 30.0 Å². The van der Waals surface area contributed by atoms with E-state index in [-0.39, 0.29) is 6.04 Å². The van der Waals surface area contributed by atoms with Crippen molar-refractivity contribution in [3.63, 3.8) is 0 Å². The summed E-state index contributed by atoms with van der Waals surface area (Å²) in [4.78, 5) is 0. The minimum absolute atomic E-state index is 0.136. The van der Waals surface area contributed by atoms with Crippen molar-refractivity contribution < 1.29 is 4.74 Å². The van der Waals surface area contributed by atoms with Gasteiger partial charge in [0, 0.05) is 22.4 Å². The van der Waals surface area contributed by atoms with Crippen LogP contribution in [-0.2, 0) is 6.42 Å². The molecule has 1 rings (SSSR count). The zero-order chi connectivity index (χ0) is 13.4. The van der Waals surface area contributed by atoms with E-state index in [1.54, 1.807) is 0 Å². The summed E-state index contributed by atoms with van der Waals surface area (Å²) < 4.78 is 5.80. The van der Waals surface area contributed by atoms with Crippen molar-refractivity contribution in [1.82, 2.24) is 0 Å². The van der Waals surface area contributed by atoms with Gasteiger partial charge in [-0.05, 0) is 30.7 Å². The van der Waals surface area contributed by atoms with E-state index >= 15 is 0 Å². The number of benzene rings is 1. The van der Waals surface area contributed by atoms with Crippen molar-refractivity contribution >= 4 is 23.4 Å². The van der Waals surface area contributed by atoms with Crippen LogP contribution in [0.2, 0.25) is 5.02 Å². The first kappa shape index (κ1) is 15.7. The molecule has 102 valence electrons. The van der Waals surface area contributed by atoms with Crippen LogP contribution >= 0.6 is 23.4 Å². The minimum atomic E-state index is 0.136. The smallest absolute Gasteiger partial charge is 0.124 e. The number of rotatable bonds is 8. The van der Waals surface area contributed by atoms with Crippen LogP contribution in [0, 0.1) is 0 Å². The molecule has 1 unspecified atom stereocenters. The summed E-state index contributed by atoms with van der Waals surface area (Å²) >= 11 is 8.10. The lowest BCUT2D eigenvalue weighted by atomic mass is 10.0. The largest absolute Gasteiger partial charge is 0.492 e. The normalized spacial score (nSPS) is 12.4. The van der Waals surface area contributed by atoms with Gasteiger partial charge < -0.3 is 10.5 Å². The molecule has 1 aromatic rings. The highest BCUT2D eigenvalue weighted by atomic mass is 35.5. The van der Waals surface area contributed by atoms with E-state index in [9.17, 15) is 0 Å². The first-order valence-corrected chi connectivity index (χ1v) is 7.95. The third-order valence-corrected chi connectivity index (χ3v) is 3.97. The molecule has 0 heterocycles. The van der Waals surface area contributed by atoms with Crippen molar-refractivity contribution in [2.45, 2.75) is 32.7 Å². The molecule has 1 aromatic carbocycles. The van der Waals surface area contributed by atoms with Crippen molar-refractivity contribution in [2.75, 3.05) is 18.1 Å². The molecule has 0 aliphatic rings. The van der Waals surface area contributed by atoms with Gasteiger partial charge in [-0.1, -0.05) is 31.5 Å². The zero-order valence-corrected chi connectivity index (χ0v) is 12.7. The van der Waals surface area contributed by atoms with Gasteiger partial charge in [-0.25, -0.2) is 0 Å². The summed E-state index contributed by atoms with van der Waals surface area (Å²) in [6.07, 6.45) is 1.71. The van der Waals surface area contributed by atoms with E-state index in [4.69, 9.17) is 22.1 Å². The fourth-order valence-electron chi connectivity index (χ4n) is 1.63. The first-order valence-electron chi connectivity index (χ1n) is 6.42. The van der Waals surface area contributed by atoms with E-state index in [0.717, 1.165) is 40.7 Å². The number of hydrogen-bond acceptors (Lipinski definition) is 3. The molecule has 0 aromatic heterocycles. The predicted octanol–water partition coefficient (Wildman–Crippen LogP) is 3.75. The molecular weight excluding hydrogens is 266 g/mol. The molecule has 0 fully saturated rings. The van der Waals surface area contributed by atoms with Crippen LogP contribution < -0.4 is 10.5 Å². The van der Waals surface area contributed by atoms with E-state index in [1.165, 1.54) is 0 Å². The molecule has 1 atom stereocenters. The molecule has 0 bridgehead atoms. The van der Waals surface area contributed by atoms with Gasteiger partial charge in [-0.3, -0.25) is 0 Å². The lowest BCUT2D eigenvalue weighted by Crippen LogP contribution is -2.22. The summed E-state index contributed by atoms with van der Waals surface area (Å²) in [6.45, 7) is 4.95. The SMILES string of the molecule is CCSCCOc1cccc(Cl)c1CC(N)CC. The quantitative estimate of drug-likeness (QED) is 0.740. The lowest BCUT2D eigenvalue weighted by molar-refractivity contribution is 0.339. The average molecular weight is 288 g/mol. The molecule has 0 radical (unpaired) electrons. The van der Waals surface area contributed by atoms with Gasteiger partial charge in [0.15, 0.2) is 0 Å². The van der Waals surface area contributed by atoms with Crippen LogP contribution in [0.4, 0.5) is 0 Å². The number of thioether (sulfide) groups is 1. The van der Waals surface area contributed by atoms with E-state index in [0.29, 0.717) is 6.61 Å². The lowest BCUT2D eigenvalue weighted by Gasteiger charge is -2.15. The molecule has 0 spiro atoms. The zero-order valence-electron chi connectivity index (χ0n) is 11.1. The predicted molar refractivity (Wildman–Crippen MR) is 81.9 cm³/mol. The molecular formula is C14H22ClNOS.